The lowest BCUT2D eigenvalue weighted by Gasteiger charge is -2.32. The molecule has 0 N–H and O–H groups in total. The smallest absolute Gasteiger partial charge is 0.223 e. The van der Waals surface area contributed by atoms with Crippen molar-refractivity contribution in [2.24, 2.45) is 0 Å². The third-order valence-electron chi connectivity index (χ3n) is 5.89. The Labute approximate surface area is 179 Å². The molecule has 1 saturated heterocycles. The van der Waals surface area contributed by atoms with Crippen LogP contribution >= 0.6 is 0 Å². The van der Waals surface area contributed by atoms with Gasteiger partial charge in [-0.05, 0) is 37.4 Å². The number of ether oxygens (including phenoxy) is 1. The molecule has 160 valence electrons. The molecule has 4 aromatic rings. The second kappa shape index (κ2) is 7.99. The van der Waals surface area contributed by atoms with Crippen LogP contribution in [0.25, 0.3) is 22.4 Å². The molecule has 9 heteroatoms. The van der Waals surface area contributed by atoms with E-state index in [1.54, 1.807) is 7.11 Å². The molecule has 0 atom stereocenters. The molecular formula is C22H25N7O2. The van der Waals surface area contributed by atoms with E-state index in [9.17, 15) is 4.79 Å². The number of nitrogens with zero attached hydrogens (tertiary/aromatic N) is 7. The molecule has 5 rings (SSSR count). The topological polar surface area (TPSA) is 80.3 Å². The molecule has 1 aliphatic rings. The van der Waals surface area contributed by atoms with E-state index in [1.807, 2.05) is 56.5 Å². The molecule has 4 heterocycles. The zero-order valence-electron chi connectivity index (χ0n) is 17.7. The highest BCUT2D eigenvalue weighted by Gasteiger charge is 2.20. The molecule has 0 saturated carbocycles. The van der Waals surface area contributed by atoms with Crippen molar-refractivity contribution in [2.75, 3.05) is 40.3 Å². The lowest BCUT2D eigenvalue weighted by Crippen LogP contribution is -2.47. The maximum absolute atomic E-state index is 12.6. The van der Waals surface area contributed by atoms with E-state index in [0.29, 0.717) is 12.8 Å². The highest BCUT2D eigenvalue weighted by molar-refractivity contribution is 5.78. The highest BCUT2D eigenvalue weighted by Crippen LogP contribution is 2.24. The standard InChI is InChI=1S/C22H25N7O2/c1-26-9-11-27(12-10-26)21(30)8-7-20-23-24-22-19-15-18(25-29(19)14-13-28(20)22)16-3-5-17(31-2)6-4-16/h3-6,13-15H,7-12H2,1-2H3. The Hall–Kier alpha value is -3.46. The summed E-state index contributed by atoms with van der Waals surface area (Å²) in [5.41, 5.74) is 3.46. The number of hydrogen-bond donors (Lipinski definition) is 0. The first kappa shape index (κ1) is 19.5. The number of piperazine rings is 1. The second-order valence-corrected chi connectivity index (χ2v) is 7.88. The molecule has 0 bridgehead atoms. The van der Waals surface area contributed by atoms with Crippen molar-refractivity contribution in [3.8, 4) is 17.0 Å². The number of benzene rings is 1. The average Bonchev–Trinajstić information content (AvgIpc) is 3.42. The number of aromatic nitrogens is 5. The van der Waals surface area contributed by atoms with Crippen molar-refractivity contribution in [1.82, 2.24) is 34.0 Å². The molecule has 0 aliphatic carbocycles. The predicted octanol–water partition coefficient (Wildman–Crippen LogP) is 1.76. The summed E-state index contributed by atoms with van der Waals surface area (Å²) in [6.07, 6.45) is 4.79. The number of rotatable bonds is 5. The van der Waals surface area contributed by atoms with Gasteiger partial charge in [0.15, 0.2) is 5.65 Å². The van der Waals surface area contributed by atoms with E-state index in [4.69, 9.17) is 4.74 Å². The fourth-order valence-electron chi connectivity index (χ4n) is 3.97. The zero-order chi connectivity index (χ0) is 21.4. The molecule has 1 amide bonds. The van der Waals surface area contributed by atoms with Crippen molar-refractivity contribution in [2.45, 2.75) is 12.8 Å². The molecule has 1 aliphatic heterocycles. The van der Waals surface area contributed by atoms with Crippen LogP contribution in [0, 0.1) is 0 Å². The van der Waals surface area contributed by atoms with E-state index in [1.165, 1.54) is 0 Å². The Morgan fingerprint density at radius 1 is 1.06 bits per heavy atom. The third kappa shape index (κ3) is 3.72. The Bertz CT molecular complexity index is 1220. The van der Waals surface area contributed by atoms with Crippen LogP contribution in [0.1, 0.15) is 12.2 Å². The van der Waals surface area contributed by atoms with Crippen LogP contribution in [0.3, 0.4) is 0 Å². The van der Waals surface area contributed by atoms with Crippen molar-refractivity contribution in [1.29, 1.82) is 0 Å². The molecule has 31 heavy (non-hydrogen) atoms. The van der Waals surface area contributed by atoms with Crippen LogP contribution in [0.15, 0.2) is 42.7 Å². The van der Waals surface area contributed by atoms with Crippen molar-refractivity contribution >= 4 is 17.1 Å². The molecule has 1 aromatic carbocycles. The van der Waals surface area contributed by atoms with Gasteiger partial charge in [0.2, 0.25) is 5.91 Å². The average molecular weight is 419 g/mol. The van der Waals surface area contributed by atoms with E-state index in [2.05, 4.69) is 27.2 Å². The fraction of sp³-hybridized carbons (Fsp3) is 0.364. The molecule has 0 spiro atoms. The number of fused-ring (bicyclic) bond motifs is 3. The van der Waals surface area contributed by atoms with Gasteiger partial charge in [-0.15, -0.1) is 10.2 Å². The minimum Gasteiger partial charge on any atom is -0.497 e. The van der Waals surface area contributed by atoms with Gasteiger partial charge < -0.3 is 14.5 Å². The maximum Gasteiger partial charge on any atom is 0.223 e. The monoisotopic (exact) mass is 419 g/mol. The highest BCUT2D eigenvalue weighted by atomic mass is 16.5. The van der Waals surface area contributed by atoms with Gasteiger partial charge in [-0.25, -0.2) is 4.52 Å². The van der Waals surface area contributed by atoms with Crippen molar-refractivity contribution in [3.63, 3.8) is 0 Å². The van der Waals surface area contributed by atoms with Crippen LogP contribution in [0.5, 0.6) is 5.75 Å². The molecule has 0 radical (unpaired) electrons. The Morgan fingerprint density at radius 2 is 1.84 bits per heavy atom. The summed E-state index contributed by atoms with van der Waals surface area (Å²) >= 11 is 0. The van der Waals surface area contributed by atoms with Crippen LogP contribution in [-0.2, 0) is 11.2 Å². The number of likely N-dealkylation sites (N-methyl/N-ethyl adjacent to an activating group) is 1. The van der Waals surface area contributed by atoms with Crippen LogP contribution in [-0.4, -0.2) is 80.3 Å². The van der Waals surface area contributed by atoms with Gasteiger partial charge >= 0.3 is 0 Å². The molecule has 0 unspecified atom stereocenters. The Kier molecular flexibility index (Phi) is 5.03. The Morgan fingerprint density at radius 3 is 2.58 bits per heavy atom. The second-order valence-electron chi connectivity index (χ2n) is 7.88. The third-order valence-corrected chi connectivity index (χ3v) is 5.89. The number of methoxy groups -OCH3 is 1. The quantitative estimate of drug-likeness (QED) is 0.490. The number of hydrogen-bond acceptors (Lipinski definition) is 6. The van der Waals surface area contributed by atoms with Gasteiger partial charge in [0, 0.05) is 57.0 Å². The predicted molar refractivity (Wildman–Crippen MR) is 116 cm³/mol. The van der Waals surface area contributed by atoms with Gasteiger partial charge in [-0.3, -0.25) is 9.20 Å². The lowest BCUT2D eigenvalue weighted by molar-refractivity contribution is -0.132. The van der Waals surface area contributed by atoms with Gasteiger partial charge in [0.1, 0.15) is 17.1 Å². The SMILES string of the molecule is COc1ccc(-c2cc3c4nnc(CCC(=O)N5CCN(C)CC5)n4ccn3n2)cc1. The van der Waals surface area contributed by atoms with Crippen molar-refractivity contribution in [3.05, 3.63) is 48.5 Å². The van der Waals surface area contributed by atoms with E-state index in [-0.39, 0.29) is 5.91 Å². The van der Waals surface area contributed by atoms with E-state index >= 15 is 0 Å². The summed E-state index contributed by atoms with van der Waals surface area (Å²) in [6.45, 7) is 3.44. The minimum atomic E-state index is 0.178. The van der Waals surface area contributed by atoms with Crippen LogP contribution in [0.4, 0.5) is 0 Å². The number of amides is 1. The maximum atomic E-state index is 12.6. The molecule has 9 nitrogen and oxygen atoms in total. The van der Waals surface area contributed by atoms with Crippen molar-refractivity contribution < 1.29 is 9.53 Å². The first-order valence-electron chi connectivity index (χ1n) is 10.4. The zero-order valence-corrected chi connectivity index (χ0v) is 17.7. The molecular weight excluding hydrogens is 394 g/mol. The number of aryl methyl sites for hydroxylation is 1. The van der Waals surface area contributed by atoms with E-state index < -0.39 is 0 Å². The number of carbonyl (C=O) groups is 1. The molecule has 3 aromatic heterocycles. The summed E-state index contributed by atoms with van der Waals surface area (Å²) in [6, 6.07) is 9.81. The lowest BCUT2D eigenvalue weighted by atomic mass is 10.1. The minimum absolute atomic E-state index is 0.178. The first-order valence-corrected chi connectivity index (χ1v) is 10.4. The van der Waals surface area contributed by atoms with Gasteiger partial charge in [-0.2, -0.15) is 5.10 Å². The fourth-order valence-corrected chi connectivity index (χ4v) is 3.97. The van der Waals surface area contributed by atoms with Crippen LogP contribution in [0.2, 0.25) is 0 Å². The summed E-state index contributed by atoms with van der Waals surface area (Å²) in [5, 5.41) is 13.4. The first-order chi connectivity index (χ1) is 15.1. The van der Waals surface area contributed by atoms with Gasteiger partial charge in [0.25, 0.3) is 0 Å². The molecule has 1 fully saturated rings. The van der Waals surface area contributed by atoms with Gasteiger partial charge in [-0.1, -0.05) is 0 Å². The largest absolute Gasteiger partial charge is 0.497 e. The van der Waals surface area contributed by atoms with Gasteiger partial charge in [0.05, 0.1) is 12.8 Å². The summed E-state index contributed by atoms with van der Waals surface area (Å²) in [7, 11) is 3.74. The normalized spacial score (nSPS) is 15.1. The summed E-state index contributed by atoms with van der Waals surface area (Å²) in [5.74, 6) is 1.77. The number of carbonyl (C=O) groups excluding carboxylic acids is 1. The Balaban J connectivity index is 1.37. The van der Waals surface area contributed by atoms with Crippen LogP contribution < -0.4 is 4.74 Å². The summed E-state index contributed by atoms with van der Waals surface area (Å²) < 4.78 is 8.99. The van der Waals surface area contributed by atoms with E-state index in [0.717, 1.165) is 60.2 Å². The summed E-state index contributed by atoms with van der Waals surface area (Å²) in [4.78, 5) is 16.8.